The average molecular weight is 510 g/mol. The molecule has 6 aromatic rings. The fraction of sp³-hybridized carbons (Fsp3) is 0.194. The van der Waals surface area contributed by atoms with Gasteiger partial charge >= 0.3 is 0 Å². The maximum atomic E-state index is 14.2. The van der Waals surface area contributed by atoms with Crippen LogP contribution in [0, 0.1) is 5.41 Å². The van der Waals surface area contributed by atoms with Crippen LogP contribution >= 0.6 is 16.4 Å². The Balaban J connectivity index is 1.44. The SMILES string of the molecule is CN(C(=O)C(Oc1cccc2[pH]c3ccccc3c12)C(C)(C)C)c1cccc2[pH]c3ccccc3c12. The van der Waals surface area contributed by atoms with Crippen LogP contribution in [-0.4, -0.2) is 19.1 Å². The number of nitrogens with zero attached hydrogens (tertiary/aromatic N) is 1. The monoisotopic (exact) mass is 509 g/mol. The summed E-state index contributed by atoms with van der Waals surface area (Å²) in [6.45, 7) is 6.23. The van der Waals surface area contributed by atoms with Gasteiger partial charge in [0.1, 0.15) is 5.75 Å². The quantitative estimate of drug-likeness (QED) is 0.238. The molecule has 0 aliphatic heterocycles. The molecule has 36 heavy (non-hydrogen) atoms. The van der Waals surface area contributed by atoms with Gasteiger partial charge in [-0.3, -0.25) is 4.79 Å². The molecule has 1 amide bonds. The van der Waals surface area contributed by atoms with Gasteiger partial charge in [-0.2, -0.15) is 0 Å². The Labute approximate surface area is 214 Å². The number of carbonyl (C=O) groups is 1. The summed E-state index contributed by atoms with van der Waals surface area (Å²) in [4.78, 5) is 16.0. The minimum Gasteiger partial charge on any atom is -0.479 e. The lowest BCUT2D eigenvalue weighted by Crippen LogP contribution is -2.47. The molecule has 0 radical (unpaired) electrons. The number of benzene rings is 4. The first-order valence-electron chi connectivity index (χ1n) is 12.3. The molecule has 0 spiro atoms. The van der Waals surface area contributed by atoms with E-state index in [9.17, 15) is 4.79 Å². The van der Waals surface area contributed by atoms with E-state index >= 15 is 0 Å². The molecule has 4 aromatic carbocycles. The summed E-state index contributed by atoms with van der Waals surface area (Å²) < 4.78 is 6.69. The molecule has 0 bridgehead atoms. The number of hydrogen-bond acceptors (Lipinski definition) is 2. The fourth-order valence-corrected chi connectivity index (χ4v) is 7.90. The smallest absolute Gasteiger partial charge is 0.268 e. The third-order valence-electron chi connectivity index (χ3n) is 6.95. The van der Waals surface area contributed by atoms with E-state index < -0.39 is 11.5 Å². The van der Waals surface area contributed by atoms with Crippen LogP contribution < -0.4 is 9.64 Å². The minimum absolute atomic E-state index is 0.0325. The highest BCUT2D eigenvalue weighted by Gasteiger charge is 2.37. The highest BCUT2D eigenvalue weighted by Crippen LogP contribution is 2.45. The zero-order valence-electron chi connectivity index (χ0n) is 20.9. The van der Waals surface area contributed by atoms with E-state index in [4.69, 9.17) is 4.74 Å². The van der Waals surface area contributed by atoms with Crippen molar-refractivity contribution in [1.82, 2.24) is 0 Å². The zero-order valence-corrected chi connectivity index (χ0v) is 22.9. The van der Waals surface area contributed by atoms with Gasteiger partial charge in [-0.1, -0.05) is 93.6 Å². The lowest BCUT2D eigenvalue weighted by Gasteiger charge is -2.33. The topological polar surface area (TPSA) is 29.5 Å². The number of carbonyl (C=O) groups excluding carboxylic acids is 1. The van der Waals surface area contributed by atoms with Crippen molar-refractivity contribution in [1.29, 1.82) is 0 Å². The lowest BCUT2D eigenvalue weighted by molar-refractivity contribution is -0.129. The van der Waals surface area contributed by atoms with Crippen molar-refractivity contribution in [2.24, 2.45) is 5.41 Å². The highest BCUT2D eigenvalue weighted by atomic mass is 31.0. The van der Waals surface area contributed by atoms with Crippen LogP contribution in [0.25, 0.3) is 42.0 Å². The molecule has 6 rings (SSSR count). The van der Waals surface area contributed by atoms with E-state index in [1.165, 1.54) is 36.6 Å². The Morgan fingerprint density at radius 3 is 1.89 bits per heavy atom. The summed E-state index contributed by atoms with van der Waals surface area (Å²) >= 11 is 0. The largest absolute Gasteiger partial charge is 0.479 e. The molecule has 3 atom stereocenters. The fourth-order valence-electron chi connectivity index (χ4n) is 5.15. The van der Waals surface area contributed by atoms with Crippen LogP contribution in [0.15, 0.2) is 84.9 Å². The van der Waals surface area contributed by atoms with Gasteiger partial charge in [-0.05, 0) is 33.1 Å². The second kappa shape index (κ2) is 8.70. The minimum atomic E-state index is -0.639. The molecule has 2 heterocycles. The number of likely N-dealkylation sites (N-methyl/N-ethyl adjacent to an activating group) is 1. The molecule has 0 aliphatic carbocycles. The van der Waals surface area contributed by atoms with Crippen molar-refractivity contribution in [2.75, 3.05) is 11.9 Å². The first-order valence-corrected chi connectivity index (χ1v) is 14.3. The number of anilines is 1. The Hall–Kier alpha value is -3.25. The lowest BCUT2D eigenvalue weighted by atomic mass is 9.87. The van der Waals surface area contributed by atoms with Gasteiger partial charge in [0.25, 0.3) is 5.91 Å². The molecule has 0 saturated heterocycles. The summed E-state index contributed by atoms with van der Waals surface area (Å²) in [6.07, 6.45) is -0.639. The first kappa shape index (κ1) is 23.2. The van der Waals surface area contributed by atoms with Crippen LogP contribution in [0.2, 0.25) is 0 Å². The van der Waals surface area contributed by atoms with E-state index in [2.05, 4.69) is 93.6 Å². The number of rotatable bonds is 4. The molecule has 5 heteroatoms. The second-order valence-electron chi connectivity index (χ2n) is 10.5. The predicted molar refractivity (Wildman–Crippen MR) is 159 cm³/mol. The molecule has 3 unspecified atom stereocenters. The van der Waals surface area contributed by atoms with Gasteiger partial charge in [0, 0.05) is 33.5 Å². The Kier molecular flexibility index (Phi) is 5.60. The summed E-state index contributed by atoms with van der Waals surface area (Å²) in [5.41, 5.74) is 0.546. The van der Waals surface area contributed by atoms with Gasteiger partial charge in [0.05, 0.1) is 5.69 Å². The molecule has 0 N–H and O–H groups in total. The highest BCUT2D eigenvalue weighted by molar-refractivity contribution is 7.44. The normalized spacial score (nSPS) is 13.4. The van der Waals surface area contributed by atoms with Crippen LogP contribution in [0.1, 0.15) is 20.8 Å². The molecule has 180 valence electrons. The summed E-state index contributed by atoms with van der Waals surface area (Å²) in [5.74, 6) is 0.756. The third-order valence-corrected chi connectivity index (χ3v) is 9.73. The average Bonchev–Trinajstić information content (AvgIpc) is 3.44. The van der Waals surface area contributed by atoms with Gasteiger partial charge in [0.15, 0.2) is 6.10 Å². The van der Waals surface area contributed by atoms with Crippen molar-refractivity contribution >= 4 is 70.0 Å². The number of amides is 1. The molecule has 0 saturated carbocycles. The molecule has 0 aliphatic rings. The second-order valence-corrected chi connectivity index (χ2v) is 13.1. The first-order chi connectivity index (χ1) is 17.3. The molecule has 2 aromatic heterocycles. The summed E-state index contributed by atoms with van der Waals surface area (Å²) in [7, 11) is 3.11. The van der Waals surface area contributed by atoms with Crippen LogP contribution in [0.4, 0.5) is 5.69 Å². The summed E-state index contributed by atoms with van der Waals surface area (Å²) in [6, 6.07) is 29.6. The van der Waals surface area contributed by atoms with E-state index in [0.717, 1.165) is 16.8 Å². The van der Waals surface area contributed by atoms with Crippen LogP contribution in [-0.2, 0) is 4.79 Å². The molecule has 3 nitrogen and oxygen atoms in total. The van der Waals surface area contributed by atoms with Crippen molar-refractivity contribution in [2.45, 2.75) is 26.9 Å². The zero-order chi connectivity index (χ0) is 25.0. The molecular weight excluding hydrogens is 480 g/mol. The van der Waals surface area contributed by atoms with Gasteiger partial charge < -0.3 is 9.64 Å². The van der Waals surface area contributed by atoms with Crippen molar-refractivity contribution in [3.8, 4) is 5.75 Å². The third kappa shape index (κ3) is 3.79. The Morgan fingerprint density at radius 1 is 0.722 bits per heavy atom. The standard InChI is InChI=1S/C31H29NO2P2/c1-31(2,3)29(34-22-14-10-18-26-28(22)20-12-6-8-16-24(20)36-26)30(33)32(4)21-13-9-17-25-27(21)19-11-5-7-15-23(19)35-25/h5-18,29,35-36H,1-4H3. The van der Waals surface area contributed by atoms with E-state index in [-0.39, 0.29) is 5.91 Å². The number of ether oxygens (including phenoxy) is 1. The van der Waals surface area contributed by atoms with E-state index in [1.54, 1.807) is 4.90 Å². The number of hydrogen-bond donors (Lipinski definition) is 0. The van der Waals surface area contributed by atoms with Crippen molar-refractivity contribution in [3.05, 3.63) is 84.9 Å². The van der Waals surface area contributed by atoms with Gasteiger partial charge in [-0.15, -0.1) is 16.4 Å². The Morgan fingerprint density at radius 2 is 1.25 bits per heavy atom. The predicted octanol–water partition coefficient (Wildman–Crippen LogP) is 8.82. The van der Waals surface area contributed by atoms with Gasteiger partial charge in [0.2, 0.25) is 0 Å². The van der Waals surface area contributed by atoms with E-state index in [1.807, 2.05) is 19.2 Å². The Bertz CT molecular complexity index is 1760. The maximum Gasteiger partial charge on any atom is 0.268 e. The van der Waals surface area contributed by atoms with Crippen LogP contribution in [0.3, 0.4) is 0 Å². The van der Waals surface area contributed by atoms with Crippen molar-refractivity contribution in [3.63, 3.8) is 0 Å². The van der Waals surface area contributed by atoms with Gasteiger partial charge in [-0.25, -0.2) is 0 Å². The van der Waals surface area contributed by atoms with Crippen molar-refractivity contribution < 1.29 is 9.53 Å². The molecule has 0 fully saturated rings. The summed E-state index contributed by atoms with van der Waals surface area (Å²) in [5, 5.41) is 9.99. The number of fused-ring (bicyclic) bond motifs is 6. The van der Waals surface area contributed by atoms with Crippen LogP contribution in [0.5, 0.6) is 5.75 Å². The van der Waals surface area contributed by atoms with E-state index in [0.29, 0.717) is 16.4 Å². The molecular formula is C31H29NO2P2. The maximum absolute atomic E-state index is 14.2.